The Bertz CT molecular complexity index is 618. The van der Waals surface area contributed by atoms with Crippen LogP contribution < -0.4 is 0 Å². The van der Waals surface area contributed by atoms with E-state index in [1.807, 2.05) is 0 Å². The molecule has 0 saturated heterocycles. The topological polar surface area (TPSA) is 24.7 Å². The lowest BCUT2D eigenvalue weighted by molar-refractivity contribution is -0.388. The van der Waals surface area contributed by atoms with Crippen molar-refractivity contribution < 1.29 is 43.9 Å². The molecule has 24 heavy (non-hydrogen) atoms. The summed E-state index contributed by atoms with van der Waals surface area (Å²) >= 11 is 0. The Balaban J connectivity index is 3.12. The first kappa shape index (κ1) is 19.9. The van der Waals surface area contributed by atoms with Gasteiger partial charge in [-0.1, -0.05) is 18.2 Å². The van der Waals surface area contributed by atoms with Crippen LogP contribution in [0.3, 0.4) is 0 Å². The normalized spacial score (nSPS) is 15.2. The van der Waals surface area contributed by atoms with Crippen molar-refractivity contribution in [3.63, 3.8) is 0 Å². The molecule has 0 aliphatic heterocycles. The van der Waals surface area contributed by atoms with Gasteiger partial charge < -0.3 is 0 Å². The minimum atomic E-state index is -7.10. The van der Waals surface area contributed by atoms with E-state index >= 15 is 0 Å². The van der Waals surface area contributed by atoms with E-state index in [9.17, 15) is 43.9 Å². The SMILES string of the molecule is F/C(=C\C(F)(F)C(F)(F)C(F)(F)C(F)(F)F)N=Nc1ccccc1. The molecule has 0 aromatic heterocycles. The Hall–Kier alpha value is -2.14. The maximum atomic E-state index is 13.1. The summed E-state index contributed by atoms with van der Waals surface area (Å²) < 4.78 is 126. The zero-order valence-corrected chi connectivity index (χ0v) is 11.1. The van der Waals surface area contributed by atoms with Crippen molar-refractivity contribution in [3.05, 3.63) is 42.4 Å². The van der Waals surface area contributed by atoms with Crippen LogP contribution in [0.4, 0.5) is 49.6 Å². The van der Waals surface area contributed by atoms with E-state index in [0.717, 1.165) is 0 Å². The molecule has 0 amide bonds. The van der Waals surface area contributed by atoms with Crippen LogP contribution in [0.1, 0.15) is 0 Å². The Kier molecular flexibility index (Phi) is 5.31. The molecule has 1 aromatic rings. The van der Waals surface area contributed by atoms with Gasteiger partial charge in [-0.15, -0.1) is 10.2 Å². The highest BCUT2D eigenvalue weighted by Gasteiger charge is 2.81. The van der Waals surface area contributed by atoms with Crippen molar-refractivity contribution in [2.75, 3.05) is 0 Å². The third-order valence-corrected chi connectivity index (χ3v) is 2.49. The number of hydrogen-bond acceptors (Lipinski definition) is 2. The van der Waals surface area contributed by atoms with Crippen LogP contribution in [-0.4, -0.2) is 23.9 Å². The highest BCUT2D eigenvalue weighted by molar-refractivity contribution is 5.34. The summed E-state index contributed by atoms with van der Waals surface area (Å²) in [6, 6.07) is 6.60. The fourth-order valence-corrected chi connectivity index (χ4v) is 1.26. The van der Waals surface area contributed by atoms with E-state index < -0.39 is 36.0 Å². The lowest BCUT2D eigenvalue weighted by Gasteiger charge is -2.31. The molecule has 0 bridgehead atoms. The van der Waals surface area contributed by atoms with Crippen molar-refractivity contribution >= 4 is 5.69 Å². The maximum absolute atomic E-state index is 13.1. The molecule has 1 rings (SSSR count). The lowest BCUT2D eigenvalue weighted by Crippen LogP contribution is -2.60. The van der Waals surface area contributed by atoms with E-state index in [1.54, 1.807) is 0 Å². The number of benzene rings is 1. The minimum Gasteiger partial charge on any atom is -0.195 e. The van der Waals surface area contributed by atoms with E-state index in [2.05, 4.69) is 10.2 Å². The van der Waals surface area contributed by atoms with Crippen molar-refractivity contribution in [2.45, 2.75) is 23.9 Å². The second-order valence-electron chi connectivity index (χ2n) is 4.27. The van der Waals surface area contributed by atoms with Gasteiger partial charge >= 0.3 is 23.9 Å². The van der Waals surface area contributed by atoms with Crippen molar-refractivity contribution in [2.24, 2.45) is 10.2 Å². The van der Waals surface area contributed by atoms with Gasteiger partial charge in [0.25, 0.3) is 0 Å². The monoisotopic (exact) mass is 368 g/mol. The second kappa shape index (κ2) is 6.40. The van der Waals surface area contributed by atoms with Gasteiger partial charge in [-0.05, 0) is 12.1 Å². The molecule has 0 aliphatic rings. The Morgan fingerprint density at radius 1 is 0.792 bits per heavy atom. The van der Waals surface area contributed by atoms with E-state index in [-0.39, 0.29) is 5.69 Å². The van der Waals surface area contributed by atoms with Crippen LogP contribution in [-0.2, 0) is 0 Å². The molecule has 12 heteroatoms. The van der Waals surface area contributed by atoms with Gasteiger partial charge in [0.05, 0.1) is 5.69 Å². The molecule has 0 fully saturated rings. The lowest BCUT2D eigenvalue weighted by atomic mass is 10.0. The van der Waals surface area contributed by atoms with Crippen molar-refractivity contribution in [1.29, 1.82) is 0 Å². The molecule has 0 spiro atoms. The van der Waals surface area contributed by atoms with E-state index in [4.69, 9.17) is 0 Å². The highest BCUT2D eigenvalue weighted by Crippen LogP contribution is 2.53. The van der Waals surface area contributed by atoms with Crippen molar-refractivity contribution in [1.82, 2.24) is 0 Å². The summed E-state index contributed by atoms with van der Waals surface area (Å²) in [5, 5.41) is 5.39. The second-order valence-corrected chi connectivity index (χ2v) is 4.27. The van der Waals surface area contributed by atoms with Gasteiger partial charge in [0.2, 0.25) is 5.95 Å². The number of allylic oxidation sites excluding steroid dienone is 1. The first-order valence-corrected chi connectivity index (χ1v) is 5.78. The Labute approximate surface area is 127 Å². The zero-order chi connectivity index (χ0) is 18.8. The largest absolute Gasteiger partial charge is 0.460 e. The minimum absolute atomic E-state index is 0.114. The van der Waals surface area contributed by atoms with Crippen LogP contribution in [0, 0.1) is 0 Å². The third kappa shape index (κ3) is 3.85. The van der Waals surface area contributed by atoms with E-state index in [1.165, 1.54) is 30.3 Å². The average Bonchev–Trinajstić information content (AvgIpc) is 2.44. The number of nitrogens with zero attached hydrogens (tertiary/aromatic N) is 2. The van der Waals surface area contributed by atoms with Crippen LogP contribution in [0.5, 0.6) is 0 Å². The predicted molar refractivity (Wildman–Crippen MR) is 61.0 cm³/mol. The van der Waals surface area contributed by atoms with Gasteiger partial charge in [-0.2, -0.15) is 43.9 Å². The van der Waals surface area contributed by atoms with Gasteiger partial charge in [-0.25, -0.2) is 0 Å². The Morgan fingerprint density at radius 3 is 1.75 bits per heavy atom. The first-order chi connectivity index (χ1) is 10.7. The highest BCUT2D eigenvalue weighted by atomic mass is 19.4. The van der Waals surface area contributed by atoms with Gasteiger partial charge in [0.15, 0.2) is 0 Å². The summed E-state index contributed by atoms with van der Waals surface area (Å²) in [7, 11) is 0. The van der Waals surface area contributed by atoms with Crippen LogP contribution in [0.2, 0.25) is 0 Å². The molecule has 0 aliphatic carbocycles. The molecule has 134 valence electrons. The van der Waals surface area contributed by atoms with Crippen LogP contribution >= 0.6 is 0 Å². The number of rotatable bonds is 5. The quantitative estimate of drug-likeness (QED) is 0.343. The predicted octanol–water partition coefficient (Wildman–Crippen LogP) is 6.05. The molecule has 0 heterocycles. The Morgan fingerprint density at radius 2 is 1.29 bits per heavy atom. The summed E-state index contributed by atoms with van der Waals surface area (Å²) in [6.07, 6.45) is -8.44. The summed E-state index contributed by atoms with van der Waals surface area (Å²) in [4.78, 5) is 0. The van der Waals surface area contributed by atoms with Gasteiger partial charge in [0, 0.05) is 6.08 Å². The molecule has 0 atom stereocenters. The molecule has 2 nitrogen and oxygen atoms in total. The van der Waals surface area contributed by atoms with Crippen LogP contribution in [0.15, 0.2) is 52.6 Å². The smallest absolute Gasteiger partial charge is 0.195 e. The van der Waals surface area contributed by atoms with E-state index in [0.29, 0.717) is 0 Å². The summed E-state index contributed by atoms with van der Waals surface area (Å²) in [5.41, 5.74) is -0.114. The number of azo groups is 1. The summed E-state index contributed by atoms with van der Waals surface area (Å²) in [6.45, 7) is 0. The fourth-order valence-electron chi connectivity index (χ4n) is 1.26. The fraction of sp³-hybridized carbons (Fsp3) is 0.333. The van der Waals surface area contributed by atoms with Crippen molar-refractivity contribution in [3.8, 4) is 0 Å². The van der Waals surface area contributed by atoms with Gasteiger partial charge in [-0.3, -0.25) is 0 Å². The molecular formula is C12H6F10N2. The molecule has 0 unspecified atom stereocenters. The molecule has 0 radical (unpaired) electrons. The summed E-state index contributed by atoms with van der Waals surface area (Å²) in [5.74, 6) is -22.7. The number of alkyl halides is 9. The van der Waals surface area contributed by atoms with Gasteiger partial charge in [0.1, 0.15) is 0 Å². The van der Waals surface area contributed by atoms with Crippen LogP contribution in [0.25, 0.3) is 0 Å². The third-order valence-electron chi connectivity index (χ3n) is 2.49. The number of halogens is 10. The zero-order valence-electron chi connectivity index (χ0n) is 11.1. The molecule has 1 aromatic carbocycles. The maximum Gasteiger partial charge on any atom is 0.460 e. The molecule has 0 saturated carbocycles. The standard InChI is InChI=1S/C12H6F10N2/c13-8(24-23-7-4-2-1-3-5-7)6-9(14,15)10(16,17)11(18,19)12(20,21)22/h1-6H/b8-6+,24-23?. The first-order valence-electron chi connectivity index (χ1n) is 5.78. The number of hydrogen-bond donors (Lipinski definition) is 0. The molecular weight excluding hydrogens is 362 g/mol. The average molecular weight is 368 g/mol. The molecule has 0 N–H and O–H groups in total.